The Morgan fingerprint density at radius 1 is 1.12 bits per heavy atom. The highest BCUT2D eigenvalue weighted by molar-refractivity contribution is 7.89. The summed E-state index contributed by atoms with van der Waals surface area (Å²) in [5, 5.41) is 0. The molecule has 0 radical (unpaired) electrons. The van der Waals surface area contributed by atoms with Crippen LogP contribution in [-0.4, -0.2) is 44.2 Å². The summed E-state index contributed by atoms with van der Waals surface area (Å²) in [5.41, 5.74) is 1.69. The lowest BCUT2D eigenvalue weighted by atomic mass is 10.1. The van der Waals surface area contributed by atoms with E-state index in [1.54, 1.807) is 30.0 Å². The molecule has 0 saturated heterocycles. The minimum atomic E-state index is -3.63. The summed E-state index contributed by atoms with van der Waals surface area (Å²) in [6.07, 6.45) is 0. The largest absolute Gasteiger partial charge is 0.335 e. The van der Waals surface area contributed by atoms with E-state index in [1.165, 1.54) is 38.4 Å². The van der Waals surface area contributed by atoms with Gasteiger partial charge in [-0.1, -0.05) is 18.2 Å². The molecule has 0 spiro atoms. The molecule has 7 heteroatoms. The van der Waals surface area contributed by atoms with E-state index in [0.29, 0.717) is 23.2 Å². The van der Waals surface area contributed by atoms with E-state index in [-0.39, 0.29) is 23.2 Å². The highest BCUT2D eigenvalue weighted by Crippen LogP contribution is 2.20. The van der Waals surface area contributed by atoms with Crippen LogP contribution in [0.2, 0.25) is 0 Å². The third-order valence-electron chi connectivity index (χ3n) is 4.15. The molecule has 0 atom stereocenters. The maximum Gasteiger partial charge on any atom is 0.254 e. The van der Waals surface area contributed by atoms with Gasteiger partial charge in [0.15, 0.2) is 0 Å². The average molecular weight is 378 g/mol. The van der Waals surface area contributed by atoms with Crippen LogP contribution < -0.4 is 0 Å². The molecule has 0 heterocycles. The van der Waals surface area contributed by atoms with Crippen LogP contribution in [0.3, 0.4) is 0 Å². The van der Waals surface area contributed by atoms with Gasteiger partial charge in [0.2, 0.25) is 10.0 Å². The SMILES string of the molecule is CCN(Cc1cccc(F)c1)C(=O)c1cc(S(=O)(=O)N(C)C)ccc1C. The molecule has 0 unspecified atom stereocenters. The van der Waals surface area contributed by atoms with Crippen molar-refractivity contribution in [1.29, 1.82) is 0 Å². The molecule has 0 aliphatic carbocycles. The molecular weight excluding hydrogens is 355 g/mol. The van der Waals surface area contributed by atoms with Crippen molar-refractivity contribution in [3.63, 3.8) is 0 Å². The first-order chi connectivity index (χ1) is 12.2. The van der Waals surface area contributed by atoms with Crippen molar-refractivity contribution in [1.82, 2.24) is 9.21 Å². The van der Waals surface area contributed by atoms with Crippen LogP contribution in [-0.2, 0) is 16.6 Å². The van der Waals surface area contributed by atoms with Gasteiger partial charge in [-0.3, -0.25) is 4.79 Å². The first-order valence-electron chi connectivity index (χ1n) is 8.23. The molecule has 0 N–H and O–H groups in total. The number of nitrogens with zero attached hydrogens (tertiary/aromatic N) is 2. The van der Waals surface area contributed by atoms with Crippen molar-refractivity contribution in [2.75, 3.05) is 20.6 Å². The Labute approximate surface area is 154 Å². The van der Waals surface area contributed by atoms with Crippen LogP contribution >= 0.6 is 0 Å². The van der Waals surface area contributed by atoms with Crippen molar-refractivity contribution < 1.29 is 17.6 Å². The van der Waals surface area contributed by atoms with Gasteiger partial charge in [0.25, 0.3) is 5.91 Å². The number of hydrogen-bond donors (Lipinski definition) is 0. The minimum Gasteiger partial charge on any atom is -0.335 e. The molecule has 26 heavy (non-hydrogen) atoms. The predicted octanol–water partition coefficient (Wildman–Crippen LogP) is 3.05. The maximum atomic E-state index is 13.4. The number of benzene rings is 2. The Kier molecular flexibility index (Phi) is 6.15. The lowest BCUT2D eigenvalue weighted by molar-refractivity contribution is 0.0751. The number of aryl methyl sites for hydroxylation is 1. The van der Waals surface area contributed by atoms with Gasteiger partial charge in [-0.2, -0.15) is 0 Å². The predicted molar refractivity (Wildman–Crippen MR) is 98.9 cm³/mol. The summed E-state index contributed by atoms with van der Waals surface area (Å²) < 4.78 is 39.2. The highest BCUT2D eigenvalue weighted by Gasteiger charge is 2.22. The molecule has 5 nitrogen and oxygen atoms in total. The topological polar surface area (TPSA) is 57.7 Å². The van der Waals surface area contributed by atoms with Crippen LogP contribution in [0.5, 0.6) is 0 Å². The Morgan fingerprint density at radius 3 is 2.38 bits per heavy atom. The van der Waals surface area contributed by atoms with Crippen LogP contribution in [0, 0.1) is 12.7 Å². The number of halogens is 1. The molecule has 0 aliphatic heterocycles. The summed E-state index contributed by atoms with van der Waals surface area (Å²) in [4.78, 5) is 14.6. The van der Waals surface area contributed by atoms with Crippen molar-refractivity contribution in [3.8, 4) is 0 Å². The Bertz CT molecular complexity index is 911. The second-order valence-electron chi connectivity index (χ2n) is 6.21. The third kappa shape index (κ3) is 4.28. The normalized spacial score (nSPS) is 11.6. The second kappa shape index (κ2) is 7.97. The standard InChI is InChI=1S/C19H23FN2O3S/c1-5-22(13-15-7-6-8-16(20)11-15)19(23)18-12-17(10-9-14(18)2)26(24,25)21(3)4/h6-12H,5,13H2,1-4H3. The molecule has 0 aliphatic rings. The smallest absolute Gasteiger partial charge is 0.254 e. The van der Waals surface area contributed by atoms with Crippen LogP contribution in [0.4, 0.5) is 4.39 Å². The van der Waals surface area contributed by atoms with Gasteiger partial charge < -0.3 is 4.90 Å². The van der Waals surface area contributed by atoms with Gasteiger partial charge >= 0.3 is 0 Å². The van der Waals surface area contributed by atoms with E-state index in [2.05, 4.69) is 0 Å². The molecule has 0 fully saturated rings. The quantitative estimate of drug-likeness (QED) is 0.776. The van der Waals surface area contributed by atoms with Crippen LogP contribution in [0.15, 0.2) is 47.4 Å². The van der Waals surface area contributed by atoms with Crippen molar-refractivity contribution in [3.05, 3.63) is 65.0 Å². The second-order valence-corrected chi connectivity index (χ2v) is 8.37. The van der Waals surface area contributed by atoms with E-state index in [9.17, 15) is 17.6 Å². The fourth-order valence-electron chi connectivity index (χ4n) is 2.56. The molecule has 0 bridgehead atoms. The highest BCUT2D eigenvalue weighted by atomic mass is 32.2. The van der Waals surface area contributed by atoms with E-state index in [1.807, 2.05) is 6.92 Å². The van der Waals surface area contributed by atoms with E-state index < -0.39 is 10.0 Å². The molecule has 2 aromatic rings. The Morgan fingerprint density at radius 2 is 1.81 bits per heavy atom. The van der Waals surface area contributed by atoms with Crippen molar-refractivity contribution in [2.45, 2.75) is 25.3 Å². The zero-order chi connectivity index (χ0) is 19.5. The first-order valence-corrected chi connectivity index (χ1v) is 9.67. The van der Waals surface area contributed by atoms with Crippen molar-refractivity contribution in [2.24, 2.45) is 0 Å². The van der Waals surface area contributed by atoms with Gasteiger partial charge in [0.1, 0.15) is 5.82 Å². The van der Waals surface area contributed by atoms with Gasteiger partial charge in [-0.05, 0) is 49.2 Å². The van der Waals surface area contributed by atoms with Gasteiger partial charge in [-0.15, -0.1) is 0 Å². The monoisotopic (exact) mass is 378 g/mol. The van der Waals surface area contributed by atoms with Crippen LogP contribution in [0.25, 0.3) is 0 Å². The van der Waals surface area contributed by atoms with Crippen LogP contribution in [0.1, 0.15) is 28.4 Å². The number of amides is 1. The fourth-order valence-corrected chi connectivity index (χ4v) is 3.48. The van der Waals surface area contributed by atoms with Crippen molar-refractivity contribution >= 4 is 15.9 Å². The van der Waals surface area contributed by atoms with Gasteiger partial charge in [-0.25, -0.2) is 17.1 Å². The number of carbonyl (C=O) groups excluding carboxylic acids is 1. The van der Waals surface area contributed by atoms with Gasteiger partial charge in [0, 0.05) is 32.7 Å². The van der Waals surface area contributed by atoms with Gasteiger partial charge in [0.05, 0.1) is 4.90 Å². The Balaban J connectivity index is 2.37. The minimum absolute atomic E-state index is 0.0678. The summed E-state index contributed by atoms with van der Waals surface area (Å²) in [6, 6.07) is 10.6. The Hall–Kier alpha value is -2.25. The molecule has 2 aromatic carbocycles. The molecule has 140 valence electrons. The third-order valence-corrected chi connectivity index (χ3v) is 5.96. The molecule has 0 aromatic heterocycles. The average Bonchev–Trinajstić information content (AvgIpc) is 2.59. The molecule has 1 amide bonds. The molecule has 2 rings (SSSR count). The lowest BCUT2D eigenvalue weighted by Gasteiger charge is -2.22. The first kappa shape index (κ1) is 20.1. The van der Waals surface area contributed by atoms with E-state index >= 15 is 0 Å². The summed E-state index contributed by atoms with van der Waals surface area (Å²) >= 11 is 0. The summed E-state index contributed by atoms with van der Waals surface area (Å²) in [6.45, 7) is 4.25. The number of carbonyl (C=O) groups is 1. The number of rotatable bonds is 6. The zero-order valence-electron chi connectivity index (χ0n) is 15.4. The molecule has 0 saturated carbocycles. The van der Waals surface area contributed by atoms with E-state index in [4.69, 9.17) is 0 Å². The summed E-state index contributed by atoms with van der Waals surface area (Å²) in [5.74, 6) is -0.647. The number of sulfonamides is 1. The summed E-state index contributed by atoms with van der Waals surface area (Å²) in [7, 11) is -0.747. The fraction of sp³-hybridized carbons (Fsp3) is 0.316. The zero-order valence-corrected chi connectivity index (χ0v) is 16.2. The molecular formula is C19H23FN2O3S. The lowest BCUT2D eigenvalue weighted by Crippen LogP contribution is -2.31. The maximum absolute atomic E-state index is 13.4. The van der Waals surface area contributed by atoms with E-state index in [0.717, 1.165) is 4.31 Å². The number of hydrogen-bond acceptors (Lipinski definition) is 3.